The second-order valence-corrected chi connectivity index (χ2v) is 6.79. The molecule has 27 heavy (non-hydrogen) atoms. The van der Waals surface area contributed by atoms with Crippen molar-refractivity contribution in [1.29, 1.82) is 0 Å². The van der Waals surface area contributed by atoms with Crippen LogP contribution in [0.25, 0.3) is 16.6 Å². The number of carbonyl (C=O) groups excluding carboxylic acids is 1. The van der Waals surface area contributed by atoms with Crippen molar-refractivity contribution in [3.05, 3.63) is 53.2 Å². The summed E-state index contributed by atoms with van der Waals surface area (Å²) in [5.74, 6) is -1.91. The smallest absolute Gasteiger partial charge is 0.310 e. The largest absolute Gasteiger partial charge is 0.505 e. The van der Waals surface area contributed by atoms with Crippen LogP contribution in [0.5, 0.6) is 11.5 Å². The SMILES string of the molecule is CCC(=O)Oc1c(C(C)C)n(-c2ccc(F)c(C)c2)c2cc(F)c(O)cc12. The number of aromatic nitrogens is 1. The molecule has 4 nitrogen and oxygen atoms in total. The van der Waals surface area contributed by atoms with E-state index in [0.717, 1.165) is 0 Å². The number of fused-ring (bicyclic) bond motifs is 1. The lowest BCUT2D eigenvalue weighted by molar-refractivity contribution is -0.133. The molecule has 1 N–H and O–H groups in total. The van der Waals surface area contributed by atoms with Crippen molar-refractivity contribution < 1.29 is 23.4 Å². The summed E-state index contributed by atoms with van der Waals surface area (Å²) in [5, 5.41) is 10.3. The number of nitrogens with zero attached hydrogens (tertiary/aromatic N) is 1. The fourth-order valence-electron chi connectivity index (χ4n) is 3.15. The summed E-state index contributed by atoms with van der Waals surface area (Å²) in [4.78, 5) is 12.0. The normalized spacial score (nSPS) is 11.4. The monoisotopic (exact) mass is 373 g/mol. The van der Waals surface area contributed by atoms with Crippen LogP contribution in [0.15, 0.2) is 30.3 Å². The van der Waals surface area contributed by atoms with Crippen LogP contribution in [0.1, 0.15) is 44.4 Å². The molecule has 3 aromatic rings. The van der Waals surface area contributed by atoms with Crippen LogP contribution in [0.3, 0.4) is 0 Å². The molecule has 2 aromatic carbocycles. The van der Waals surface area contributed by atoms with Gasteiger partial charge in [-0.1, -0.05) is 20.8 Å². The molecule has 0 unspecified atom stereocenters. The van der Waals surface area contributed by atoms with Crippen LogP contribution in [0.2, 0.25) is 0 Å². The summed E-state index contributed by atoms with van der Waals surface area (Å²) in [7, 11) is 0. The van der Waals surface area contributed by atoms with Crippen molar-refractivity contribution in [1.82, 2.24) is 4.57 Å². The third-order valence-electron chi connectivity index (χ3n) is 4.48. The van der Waals surface area contributed by atoms with Gasteiger partial charge in [-0.3, -0.25) is 4.79 Å². The number of hydrogen-bond donors (Lipinski definition) is 1. The van der Waals surface area contributed by atoms with Crippen LogP contribution < -0.4 is 4.74 Å². The number of rotatable bonds is 4. The van der Waals surface area contributed by atoms with Gasteiger partial charge in [-0.25, -0.2) is 8.78 Å². The molecule has 0 aliphatic rings. The summed E-state index contributed by atoms with van der Waals surface area (Å²) in [6, 6.07) is 7.02. The van der Waals surface area contributed by atoms with Crippen molar-refractivity contribution in [3.63, 3.8) is 0 Å². The zero-order chi connectivity index (χ0) is 19.9. The van der Waals surface area contributed by atoms with E-state index < -0.39 is 17.5 Å². The van der Waals surface area contributed by atoms with E-state index in [-0.39, 0.29) is 23.9 Å². The fraction of sp³-hybridized carbons (Fsp3) is 0.286. The molecule has 0 radical (unpaired) electrons. The Balaban J connectivity index is 2.43. The van der Waals surface area contributed by atoms with Gasteiger partial charge in [-0.05, 0) is 42.7 Å². The molecule has 0 fully saturated rings. The van der Waals surface area contributed by atoms with Gasteiger partial charge in [-0.2, -0.15) is 0 Å². The van der Waals surface area contributed by atoms with Crippen molar-refractivity contribution in [3.8, 4) is 17.2 Å². The van der Waals surface area contributed by atoms with E-state index in [9.17, 15) is 18.7 Å². The number of halogens is 2. The standard InChI is InChI=1S/C21H21F2NO3/c1-5-19(26)27-21-14-9-18(25)16(23)10-17(14)24(20(21)11(2)3)13-6-7-15(22)12(4)8-13/h6-11,25H,5H2,1-4H3. The molecule has 0 atom stereocenters. The van der Waals surface area contributed by atoms with Crippen LogP contribution in [0.4, 0.5) is 8.78 Å². The zero-order valence-electron chi connectivity index (χ0n) is 15.6. The van der Waals surface area contributed by atoms with E-state index in [4.69, 9.17) is 4.74 Å². The first-order valence-corrected chi connectivity index (χ1v) is 8.78. The molecule has 0 amide bonds. The molecule has 6 heteroatoms. The maximum Gasteiger partial charge on any atom is 0.310 e. The Kier molecular flexibility index (Phi) is 4.91. The molecule has 0 spiro atoms. The molecule has 1 heterocycles. The highest BCUT2D eigenvalue weighted by molar-refractivity contribution is 5.94. The average Bonchev–Trinajstić information content (AvgIpc) is 2.91. The predicted octanol–water partition coefficient (Wildman–Crippen LogP) is 5.36. The second-order valence-electron chi connectivity index (χ2n) is 6.79. The maximum absolute atomic E-state index is 14.1. The molecule has 0 bridgehead atoms. The van der Waals surface area contributed by atoms with E-state index >= 15 is 0 Å². The van der Waals surface area contributed by atoms with Crippen LogP contribution in [-0.4, -0.2) is 15.6 Å². The number of ether oxygens (including phenoxy) is 1. The summed E-state index contributed by atoms with van der Waals surface area (Å²) in [6.45, 7) is 7.15. The van der Waals surface area contributed by atoms with Crippen molar-refractivity contribution in [2.24, 2.45) is 0 Å². The number of phenolic OH excluding ortho intramolecular Hbond substituents is 1. The number of phenols is 1. The van der Waals surface area contributed by atoms with Crippen LogP contribution in [0, 0.1) is 18.6 Å². The number of benzene rings is 2. The van der Waals surface area contributed by atoms with Gasteiger partial charge in [0.15, 0.2) is 17.3 Å². The minimum Gasteiger partial charge on any atom is -0.505 e. The quantitative estimate of drug-likeness (QED) is 0.626. The molecule has 1 aromatic heterocycles. The number of esters is 1. The summed E-state index contributed by atoms with van der Waals surface area (Å²) < 4.78 is 35.2. The average molecular weight is 373 g/mol. The first-order chi connectivity index (χ1) is 12.7. The fourth-order valence-corrected chi connectivity index (χ4v) is 3.15. The predicted molar refractivity (Wildman–Crippen MR) is 99.6 cm³/mol. The number of carbonyl (C=O) groups is 1. The lowest BCUT2D eigenvalue weighted by atomic mass is 10.1. The minimum atomic E-state index is -0.788. The van der Waals surface area contributed by atoms with E-state index in [0.29, 0.717) is 27.8 Å². The van der Waals surface area contributed by atoms with Crippen LogP contribution in [-0.2, 0) is 4.79 Å². The zero-order valence-corrected chi connectivity index (χ0v) is 15.6. The topological polar surface area (TPSA) is 51.5 Å². The van der Waals surface area contributed by atoms with Gasteiger partial charge in [0.1, 0.15) is 5.82 Å². The molecule has 142 valence electrons. The van der Waals surface area contributed by atoms with E-state index in [1.807, 2.05) is 13.8 Å². The number of aryl methyl sites for hydroxylation is 1. The van der Waals surface area contributed by atoms with Crippen LogP contribution >= 0.6 is 0 Å². The Morgan fingerprint density at radius 3 is 2.48 bits per heavy atom. The third kappa shape index (κ3) is 3.27. The van der Waals surface area contributed by atoms with Gasteiger partial charge in [0.25, 0.3) is 0 Å². The lowest BCUT2D eigenvalue weighted by Crippen LogP contribution is -2.09. The Morgan fingerprint density at radius 1 is 1.19 bits per heavy atom. The molecule has 0 aliphatic heterocycles. The van der Waals surface area contributed by atoms with Gasteiger partial charge in [-0.15, -0.1) is 0 Å². The van der Waals surface area contributed by atoms with E-state index in [1.54, 1.807) is 30.5 Å². The lowest BCUT2D eigenvalue weighted by Gasteiger charge is -2.15. The first-order valence-electron chi connectivity index (χ1n) is 8.78. The van der Waals surface area contributed by atoms with Gasteiger partial charge < -0.3 is 14.4 Å². The third-order valence-corrected chi connectivity index (χ3v) is 4.48. The van der Waals surface area contributed by atoms with Gasteiger partial charge in [0.2, 0.25) is 0 Å². The van der Waals surface area contributed by atoms with E-state index in [2.05, 4.69) is 0 Å². The highest BCUT2D eigenvalue weighted by Crippen LogP contribution is 2.42. The summed E-state index contributed by atoms with van der Waals surface area (Å²) in [6.07, 6.45) is 0.174. The Bertz CT molecular complexity index is 1040. The maximum atomic E-state index is 14.1. The molecular formula is C21H21F2NO3. The Morgan fingerprint density at radius 2 is 1.89 bits per heavy atom. The number of aromatic hydroxyl groups is 1. The van der Waals surface area contributed by atoms with Crippen molar-refractivity contribution >= 4 is 16.9 Å². The molecule has 0 aliphatic carbocycles. The highest BCUT2D eigenvalue weighted by Gasteiger charge is 2.25. The summed E-state index contributed by atoms with van der Waals surface area (Å²) in [5.41, 5.74) is 2.13. The van der Waals surface area contributed by atoms with Gasteiger partial charge in [0, 0.05) is 23.6 Å². The second kappa shape index (κ2) is 7.02. The van der Waals surface area contributed by atoms with Crippen molar-refractivity contribution in [2.75, 3.05) is 0 Å². The molecule has 0 saturated heterocycles. The molecule has 3 rings (SSSR count). The number of hydrogen-bond acceptors (Lipinski definition) is 3. The molecule has 0 saturated carbocycles. The highest BCUT2D eigenvalue weighted by atomic mass is 19.1. The van der Waals surface area contributed by atoms with E-state index in [1.165, 1.54) is 18.2 Å². The Hall–Kier alpha value is -2.89. The minimum absolute atomic E-state index is 0.0902. The van der Waals surface area contributed by atoms with Gasteiger partial charge >= 0.3 is 5.97 Å². The van der Waals surface area contributed by atoms with Crippen molar-refractivity contribution in [2.45, 2.75) is 40.0 Å². The summed E-state index contributed by atoms with van der Waals surface area (Å²) >= 11 is 0. The first kappa shape index (κ1) is 18.9. The molecular weight excluding hydrogens is 352 g/mol. The Labute approximate surface area is 156 Å². The van der Waals surface area contributed by atoms with Gasteiger partial charge in [0.05, 0.1) is 11.2 Å².